The summed E-state index contributed by atoms with van der Waals surface area (Å²) >= 11 is 7.26. The minimum atomic E-state index is -0.0581. The second-order valence-electron chi connectivity index (χ2n) is 5.82. The fourth-order valence-electron chi connectivity index (χ4n) is 2.86. The fourth-order valence-corrected chi connectivity index (χ4v) is 4.41. The lowest BCUT2D eigenvalue weighted by Gasteiger charge is -2.36. The fraction of sp³-hybridized carbons (Fsp3) is 0.263. The minimum Gasteiger partial charge on any atom is -0.352 e. The Hall–Kier alpha value is -1.83. The zero-order valence-electron chi connectivity index (χ0n) is 13.0. The maximum Gasteiger partial charge on any atom is 0.137 e. The molecule has 116 valence electrons. The van der Waals surface area contributed by atoms with E-state index in [1.165, 1.54) is 16.7 Å². The molecule has 23 heavy (non-hydrogen) atoms. The van der Waals surface area contributed by atoms with E-state index in [1.54, 1.807) is 11.8 Å². The van der Waals surface area contributed by atoms with E-state index in [2.05, 4.69) is 54.3 Å². The smallest absolute Gasteiger partial charge is 0.137 e. The first-order valence-electron chi connectivity index (χ1n) is 7.63. The number of thioether (sulfide) groups is 1. The molecule has 0 bridgehead atoms. The molecule has 0 aromatic heterocycles. The molecule has 0 unspecified atom stereocenters. The lowest BCUT2D eigenvalue weighted by Crippen LogP contribution is -2.38. The van der Waals surface area contributed by atoms with Crippen molar-refractivity contribution in [2.75, 3.05) is 6.54 Å². The van der Waals surface area contributed by atoms with Crippen LogP contribution in [0.15, 0.2) is 54.6 Å². The van der Waals surface area contributed by atoms with Crippen LogP contribution in [0, 0.1) is 24.2 Å². The Kier molecular flexibility index (Phi) is 5.00. The highest BCUT2D eigenvalue weighted by Gasteiger charge is 2.34. The normalized spacial score (nSPS) is 21.0. The van der Waals surface area contributed by atoms with Crippen molar-refractivity contribution < 1.29 is 0 Å². The van der Waals surface area contributed by atoms with Crippen molar-refractivity contribution in [1.29, 1.82) is 5.26 Å². The Morgan fingerprint density at radius 2 is 2.00 bits per heavy atom. The van der Waals surface area contributed by atoms with Crippen LogP contribution in [0.4, 0.5) is 0 Å². The molecule has 0 aliphatic carbocycles. The molecule has 2 aromatic rings. The first-order valence-corrected chi connectivity index (χ1v) is 8.92. The van der Waals surface area contributed by atoms with Crippen LogP contribution in [0.2, 0.25) is 0 Å². The molecule has 0 spiro atoms. The molecule has 2 atom stereocenters. The number of benzene rings is 2. The number of aryl methyl sites for hydroxylation is 1. The van der Waals surface area contributed by atoms with Crippen LogP contribution in [0.25, 0.3) is 0 Å². The molecule has 2 aromatic carbocycles. The van der Waals surface area contributed by atoms with Gasteiger partial charge in [0, 0.05) is 13.1 Å². The van der Waals surface area contributed by atoms with Gasteiger partial charge in [-0.15, -0.1) is 0 Å². The van der Waals surface area contributed by atoms with Crippen molar-refractivity contribution in [2.24, 2.45) is 5.92 Å². The van der Waals surface area contributed by atoms with E-state index < -0.39 is 0 Å². The van der Waals surface area contributed by atoms with Crippen LogP contribution < -0.4 is 0 Å². The maximum atomic E-state index is 9.63. The number of nitriles is 1. The molecule has 1 aliphatic heterocycles. The van der Waals surface area contributed by atoms with Crippen LogP contribution in [-0.4, -0.2) is 15.8 Å². The Bertz CT molecular complexity index is 737. The highest BCUT2D eigenvalue weighted by molar-refractivity contribution is 8.23. The lowest BCUT2D eigenvalue weighted by molar-refractivity contribution is 0.367. The molecule has 2 nitrogen and oxygen atoms in total. The van der Waals surface area contributed by atoms with Gasteiger partial charge in [-0.05, 0) is 18.1 Å². The van der Waals surface area contributed by atoms with Gasteiger partial charge in [0.1, 0.15) is 4.32 Å². The predicted octanol–water partition coefficient (Wildman–Crippen LogP) is 4.71. The summed E-state index contributed by atoms with van der Waals surface area (Å²) in [4.78, 5) is 2.15. The van der Waals surface area contributed by atoms with E-state index in [4.69, 9.17) is 12.2 Å². The molecule has 1 aliphatic rings. The summed E-state index contributed by atoms with van der Waals surface area (Å²) in [5.74, 6) is -0.0581. The predicted molar refractivity (Wildman–Crippen MR) is 100 cm³/mol. The van der Waals surface area contributed by atoms with Gasteiger partial charge in [0.15, 0.2) is 0 Å². The van der Waals surface area contributed by atoms with Crippen molar-refractivity contribution in [3.8, 4) is 6.07 Å². The van der Waals surface area contributed by atoms with Crippen LogP contribution >= 0.6 is 24.0 Å². The third kappa shape index (κ3) is 3.74. The van der Waals surface area contributed by atoms with Crippen molar-refractivity contribution in [1.82, 2.24) is 4.90 Å². The lowest BCUT2D eigenvalue weighted by atomic mass is 9.97. The Labute approximate surface area is 147 Å². The summed E-state index contributed by atoms with van der Waals surface area (Å²) in [7, 11) is 0. The van der Waals surface area contributed by atoms with Gasteiger partial charge in [0.05, 0.1) is 17.2 Å². The summed E-state index contributed by atoms with van der Waals surface area (Å²) < 4.78 is 0.881. The molecule has 0 amide bonds. The zero-order chi connectivity index (χ0) is 16.2. The number of hydrogen-bond donors (Lipinski definition) is 0. The van der Waals surface area contributed by atoms with Gasteiger partial charge >= 0.3 is 0 Å². The van der Waals surface area contributed by atoms with E-state index >= 15 is 0 Å². The Morgan fingerprint density at radius 3 is 2.70 bits per heavy atom. The quantitative estimate of drug-likeness (QED) is 0.757. The standard InChI is InChI=1S/C19H18N2S2/c1-14-6-5-9-16(10-14)18-17(11-20)13-21(19(22)23-18)12-15-7-3-2-4-8-15/h2-10,17-18H,12-13H2,1H3/t17-,18-/m1/s1. The third-order valence-corrected chi connectivity index (χ3v) is 5.88. The zero-order valence-corrected chi connectivity index (χ0v) is 14.6. The van der Waals surface area contributed by atoms with Gasteiger partial charge in [-0.2, -0.15) is 5.26 Å². The minimum absolute atomic E-state index is 0.0581. The molecular formula is C19H18N2S2. The van der Waals surface area contributed by atoms with Crippen LogP contribution in [0.1, 0.15) is 21.9 Å². The summed E-state index contributed by atoms with van der Waals surface area (Å²) in [6.07, 6.45) is 0. The molecule has 1 saturated heterocycles. The van der Waals surface area contributed by atoms with Gasteiger partial charge in [-0.25, -0.2) is 0 Å². The molecule has 1 fully saturated rings. The third-order valence-electron chi connectivity index (χ3n) is 4.02. The van der Waals surface area contributed by atoms with Crippen molar-refractivity contribution >= 4 is 28.3 Å². The number of thiocarbonyl (C=S) groups is 1. The molecule has 4 heteroatoms. The van der Waals surface area contributed by atoms with E-state index in [0.717, 1.165) is 10.9 Å². The monoisotopic (exact) mass is 338 g/mol. The molecule has 0 N–H and O–H groups in total. The molecule has 0 radical (unpaired) electrons. The largest absolute Gasteiger partial charge is 0.352 e. The molecule has 3 rings (SSSR count). The van der Waals surface area contributed by atoms with Gasteiger partial charge < -0.3 is 4.90 Å². The highest BCUT2D eigenvalue weighted by atomic mass is 32.2. The maximum absolute atomic E-state index is 9.63. The van der Waals surface area contributed by atoms with E-state index in [0.29, 0.717) is 6.54 Å². The molecular weight excluding hydrogens is 320 g/mol. The van der Waals surface area contributed by atoms with E-state index in [9.17, 15) is 5.26 Å². The van der Waals surface area contributed by atoms with Crippen LogP contribution in [0.5, 0.6) is 0 Å². The number of nitrogens with zero attached hydrogens (tertiary/aromatic N) is 2. The average molecular weight is 339 g/mol. The van der Waals surface area contributed by atoms with Gasteiger partial charge in [-0.3, -0.25) is 0 Å². The van der Waals surface area contributed by atoms with Gasteiger partial charge in [0.2, 0.25) is 0 Å². The number of hydrogen-bond acceptors (Lipinski definition) is 3. The topological polar surface area (TPSA) is 27.0 Å². The summed E-state index contributed by atoms with van der Waals surface area (Å²) in [6.45, 7) is 3.54. The molecule has 0 saturated carbocycles. The SMILES string of the molecule is Cc1cccc([C@H]2SC(=S)N(Cc3ccccc3)C[C@H]2C#N)c1. The summed E-state index contributed by atoms with van der Waals surface area (Å²) in [5.41, 5.74) is 3.64. The van der Waals surface area contributed by atoms with E-state index in [1.807, 2.05) is 18.2 Å². The Morgan fingerprint density at radius 1 is 1.22 bits per heavy atom. The van der Waals surface area contributed by atoms with Gasteiger partial charge in [0.25, 0.3) is 0 Å². The second kappa shape index (κ2) is 7.16. The van der Waals surface area contributed by atoms with Crippen LogP contribution in [0.3, 0.4) is 0 Å². The van der Waals surface area contributed by atoms with Crippen molar-refractivity contribution in [2.45, 2.75) is 18.7 Å². The first kappa shape index (κ1) is 16.0. The number of rotatable bonds is 3. The van der Waals surface area contributed by atoms with Crippen molar-refractivity contribution in [3.05, 3.63) is 71.3 Å². The highest BCUT2D eigenvalue weighted by Crippen LogP contribution is 2.42. The average Bonchev–Trinajstić information content (AvgIpc) is 2.57. The van der Waals surface area contributed by atoms with Crippen molar-refractivity contribution in [3.63, 3.8) is 0 Å². The molecule has 1 heterocycles. The van der Waals surface area contributed by atoms with E-state index in [-0.39, 0.29) is 11.2 Å². The summed E-state index contributed by atoms with van der Waals surface area (Å²) in [5, 5.41) is 9.75. The second-order valence-corrected chi connectivity index (χ2v) is 7.60. The van der Waals surface area contributed by atoms with Crippen LogP contribution in [-0.2, 0) is 6.54 Å². The summed E-state index contributed by atoms with van der Waals surface area (Å²) in [6, 6.07) is 21.2. The van der Waals surface area contributed by atoms with Gasteiger partial charge in [-0.1, -0.05) is 84.1 Å². The Balaban J connectivity index is 1.78. The first-order chi connectivity index (χ1) is 11.2.